The first kappa shape index (κ1) is 25.5. The topological polar surface area (TPSA) is 3.24 Å². The Morgan fingerprint density at radius 1 is 1.09 bits per heavy atom. The summed E-state index contributed by atoms with van der Waals surface area (Å²) in [7, 11) is 0. The van der Waals surface area contributed by atoms with E-state index in [1.807, 2.05) is 0 Å². The molecule has 0 bridgehead atoms. The van der Waals surface area contributed by atoms with E-state index < -0.39 is 0 Å². The van der Waals surface area contributed by atoms with Gasteiger partial charge in [0, 0.05) is 35.9 Å². The van der Waals surface area contributed by atoms with Gasteiger partial charge in [-0.15, -0.1) is 0 Å². The van der Waals surface area contributed by atoms with E-state index in [9.17, 15) is 0 Å². The second kappa shape index (κ2) is 10.0. The summed E-state index contributed by atoms with van der Waals surface area (Å²) in [5.41, 5.74) is 7.81. The predicted molar refractivity (Wildman–Crippen MR) is 158 cm³/mol. The average Bonchev–Trinajstić information content (AvgIpc) is 2.94. The molecule has 0 radical (unpaired) electrons. The molecule has 0 spiro atoms. The van der Waals surface area contributed by atoms with Gasteiger partial charge in [0.15, 0.2) is 0 Å². The predicted octanol–water partition coefficient (Wildman–Crippen LogP) is 9.08. The molecule has 1 nitrogen and oxygen atoms in total. The van der Waals surface area contributed by atoms with Crippen molar-refractivity contribution in [1.29, 1.82) is 0 Å². The summed E-state index contributed by atoms with van der Waals surface area (Å²) in [6, 6.07) is 13.5. The Morgan fingerprint density at radius 3 is 2.44 bits per heavy atom. The summed E-state index contributed by atoms with van der Waals surface area (Å²) in [6.45, 7) is 19.2. The van der Waals surface area contributed by atoms with Crippen LogP contribution in [0.3, 0.4) is 0 Å². The number of unbranched alkanes of at least 4 members (excludes halogenated alkanes) is 1. The number of fused-ring (bicyclic) bond motifs is 1. The fourth-order valence-electron chi connectivity index (χ4n) is 4.61. The minimum absolute atomic E-state index is 0.0163. The van der Waals surface area contributed by atoms with Crippen LogP contribution in [0.5, 0.6) is 0 Å². The maximum Gasteiger partial charge on any atom is 0.0451 e. The molecule has 0 saturated heterocycles. The molecule has 0 unspecified atom stereocenters. The van der Waals surface area contributed by atoms with Crippen molar-refractivity contribution in [3.63, 3.8) is 0 Å². The largest absolute Gasteiger partial charge is 0.344 e. The Morgan fingerprint density at radius 2 is 1.75 bits per heavy atom. The summed E-state index contributed by atoms with van der Waals surface area (Å²) in [5.74, 6) is 0. The van der Waals surface area contributed by atoms with Gasteiger partial charge in [-0.1, -0.05) is 65.8 Å². The van der Waals surface area contributed by atoms with Gasteiger partial charge in [-0.3, -0.25) is 0 Å². The van der Waals surface area contributed by atoms with Crippen LogP contribution >= 0.6 is 45.2 Å². The molecule has 0 aliphatic carbocycles. The van der Waals surface area contributed by atoms with E-state index >= 15 is 0 Å². The van der Waals surface area contributed by atoms with Gasteiger partial charge in [0.05, 0.1) is 0 Å². The molecule has 2 aromatic rings. The molecule has 32 heavy (non-hydrogen) atoms. The van der Waals surface area contributed by atoms with Crippen molar-refractivity contribution >= 4 is 50.9 Å². The van der Waals surface area contributed by atoms with Crippen LogP contribution in [0.15, 0.2) is 72.5 Å². The maximum atomic E-state index is 4.46. The highest BCUT2D eigenvalue weighted by Gasteiger charge is 2.39. The monoisotopic (exact) mass is 651 g/mol. The normalized spacial score (nSPS) is 16.8. The highest BCUT2D eigenvalue weighted by atomic mass is 127. The van der Waals surface area contributed by atoms with Gasteiger partial charge in [-0.2, -0.15) is 0 Å². The molecule has 2 aromatic carbocycles. The third-order valence-electron chi connectivity index (χ3n) is 6.82. The minimum Gasteiger partial charge on any atom is -0.344 e. The van der Waals surface area contributed by atoms with Gasteiger partial charge < -0.3 is 4.90 Å². The first-order chi connectivity index (χ1) is 15.0. The molecule has 1 heterocycles. The number of nitrogens with zero attached hydrogens (tertiary/aromatic N) is 1. The SMILES string of the molecule is C=C(/C=C/C=C1\N(CCCC)c2ccc(I)cc2C1(C)C)C(C)(C)c1cc(I)ccc1C. The summed E-state index contributed by atoms with van der Waals surface area (Å²) < 4.78 is 2.56. The molecule has 0 aromatic heterocycles. The van der Waals surface area contributed by atoms with Gasteiger partial charge in [-0.05, 0) is 117 Å². The van der Waals surface area contributed by atoms with Crippen molar-refractivity contribution in [2.45, 2.75) is 65.2 Å². The van der Waals surface area contributed by atoms with E-state index in [-0.39, 0.29) is 10.8 Å². The number of allylic oxidation sites excluding steroid dienone is 5. The number of anilines is 1. The quantitative estimate of drug-likeness (QED) is 0.213. The Balaban J connectivity index is 1.94. The van der Waals surface area contributed by atoms with E-state index in [4.69, 9.17) is 0 Å². The van der Waals surface area contributed by atoms with Crippen LogP contribution in [-0.4, -0.2) is 6.54 Å². The molecule has 3 heteroatoms. The number of hydrogen-bond donors (Lipinski definition) is 0. The van der Waals surface area contributed by atoms with Crippen molar-refractivity contribution in [2.75, 3.05) is 11.4 Å². The molecule has 0 N–H and O–H groups in total. The summed E-state index contributed by atoms with van der Waals surface area (Å²) >= 11 is 4.82. The van der Waals surface area contributed by atoms with Crippen LogP contribution in [-0.2, 0) is 10.8 Å². The highest BCUT2D eigenvalue weighted by molar-refractivity contribution is 14.1. The number of hydrogen-bond acceptors (Lipinski definition) is 1. The zero-order valence-electron chi connectivity index (χ0n) is 20.2. The molecule has 1 aliphatic heterocycles. The second-order valence-electron chi connectivity index (χ2n) is 9.81. The van der Waals surface area contributed by atoms with E-state index in [2.05, 4.69) is 153 Å². The highest BCUT2D eigenvalue weighted by Crippen LogP contribution is 2.48. The Labute approximate surface area is 222 Å². The van der Waals surface area contributed by atoms with E-state index in [0.717, 1.165) is 12.1 Å². The van der Waals surface area contributed by atoms with Crippen molar-refractivity contribution in [3.05, 3.63) is 96.3 Å². The van der Waals surface area contributed by atoms with E-state index in [1.54, 1.807) is 0 Å². The van der Waals surface area contributed by atoms with Gasteiger partial charge >= 0.3 is 0 Å². The Kier molecular flexibility index (Phi) is 8.01. The van der Waals surface area contributed by atoms with Crippen molar-refractivity contribution in [1.82, 2.24) is 0 Å². The average molecular weight is 651 g/mol. The van der Waals surface area contributed by atoms with E-state index in [1.165, 1.54) is 48.1 Å². The molecule has 170 valence electrons. The molecular formula is C29H35I2N. The Bertz CT molecular complexity index is 1070. The number of aryl methyl sites for hydroxylation is 1. The van der Waals surface area contributed by atoms with Crippen LogP contribution in [0.25, 0.3) is 0 Å². The van der Waals surface area contributed by atoms with E-state index in [0.29, 0.717) is 0 Å². The van der Waals surface area contributed by atoms with Gasteiger partial charge in [0.25, 0.3) is 0 Å². The van der Waals surface area contributed by atoms with Crippen LogP contribution in [0.4, 0.5) is 5.69 Å². The van der Waals surface area contributed by atoms with Gasteiger partial charge in [-0.25, -0.2) is 0 Å². The zero-order chi connectivity index (χ0) is 23.7. The molecule has 1 aliphatic rings. The van der Waals surface area contributed by atoms with Crippen LogP contribution < -0.4 is 4.90 Å². The third-order valence-corrected chi connectivity index (χ3v) is 8.16. The van der Waals surface area contributed by atoms with Crippen LogP contribution in [0.2, 0.25) is 0 Å². The second-order valence-corrected chi connectivity index (χ2v) is 12.3. The third kappa shape index (κ3) is 5.03. The van der Waals surface area contributed by atoms with Crippen LogP contribution in [0, 0.1) is 14.1 Å². The maximum absolute atomic E-state index is 4.46. The zero-order valence-corrected chi connectivity index (χ0v) is 24.5. The molecular weight excluding hydrogens is 616 g/mol. The molecule has 0 fully saturated rings. The Hall–Kier alpha value is -1.08. The molecule has 0 saturated carbocycles. The summed E-state index contributed by atoms with van der Waals surface area (Å²) in [4.78, 5) is 2.52. The first-order valence-corrected chi connectivity index (χ1v) is 13.6. The smallest absolute Gasteiger partial charge is 0.0451 e. The number of benzene rings is 2. The lowest BCUT2D eigenvalue weighted by Gasteiger charge is -2.29. The lowest BCUT2D eigenvalue weighted by molar-refractivity contribution is 0.623. The fourth-order valence-corrected chi connectivity index (χ4v) is 5.59. The van der Waals surface area contributed by atoms with Crippen LogP contribution in [0.1, 0.15) is 64.2 Å². The summed E-state index contributed by atoms with van der Waals surface area (Å²) in [5, 5.41) is 0. The van der Waals surface area contributed by atoms with Crippen molar-refractivity contribution < 1.29 is 0 Å². The van der Waals surface area contributed by atoms with Gasteiger partial charge in [0.1, 0.15) is 0 Å². The fraction of sp³-hybridized carbons (Fsp3) is 0.379. The lowest BCUT2D eigenvalue weighted by Crippen LogP contribution is -2.27. The van der Waals surface area contributed by atoms with Crippen molar-refractivity contribution in [3.8, 4) is 0 Å². The summed E-state index contributed by atoms with van der Waals surface area (Å²) in [6.07, 6.45) is 9.10. The lowest BCUT2D eigenvalue weighted by atomic mass is 9.76. The molecule has 3 rings (SSSR count). The number of halogens is 2. The number of rotatable bonds is 7. The molecule has 0 amide bonds. The molecule has 0 atom stereocenters. The van der Waals surface area contributed by atoms with Gasteiger partial charge in [0.2, 0.25) is 0 Å². The first-order valence-electron chi connectivity index (χ1n) is 11.4. The standard InChI is InChI=1S/C29H35I2N/c1-8-9-17-32-26-16-15-23(31)19-25(26)29(6,7)27(32)12-10-11-21(3)28(4,5)24-18-22(30)14-13-20(24)2/h10-16,18-19H,3,8-9,17H2,1-2,4-7H3/b11-10+,27-12-. The minimum atomic E-state index is -0.119. The van der Waals surface area contributed by atoms with Crippen molar-refractivity contribution in [2.24, 2.45) is 0 Å².